The Morgan fingerprint density at radius 2 is 1.81 bits per heavy atom. The van der Waals surface area contributed by atoms with Gasteiger partial charge in [-0.3, -0.25) is 9.59 Å². The average Bonchev–Trinajstić information content (AvgIpc) is 3.13. The summed E-state index contributed by atoms with van der Waals surface area (Å²) in [5.74, 6) is -0.174. The van der Waals surface area contributed by atoms with Crippen LogP contribution < -0.4 is 5.43 Å². The lowest BCUT2D eigenvalue weighted by Crippen LogP contribution is -2.01. The third-order valence-corrected chi connectivity index (χ3v) is 3.92. The number of carbonyl (C=O) groups excluding carboxylic acids is 1. The Balaban J connectivity index is 2.08. The number of phenols is 2. The predicted octanol–water partition coefficient (Wildman–Crippen LogP) is 3.26. The van der Waals surface area contributed by atoms with Crippen molar-refractivity contribution < 1.29 is 15.0 Å². The van der Waals surface area contributed by atoms with Gasteiger partial charge in [-0.15, -0.1) is 0 Å². The SMILES string of the molecule is CC(C)CCC(=O)c1ccc2c(O)c(O)c3c(=O)c3c2c1. The van der Waals surface area contributed by atoms with Crippen LogP contribution in [0.15, 0.2) is 23.0 Å². The molecule has 0 spiro atoms. The smallest absolute Gasteiger partial charge is 0.199 e. The first-order valence-corrected chi connectivity index (χ1v) is 7.01. The summed E-state index contributed by atoms with van der Waals surface area (Å²) in [4.78, 5) is 23.8. The van der Waals surface area contributed by atoms with Crippen molar-refractivity contribution in [3.05, 3.63) is 34.0 Å². The van der Waals surface area contributed by atoms with E-state index in [0.717, 1.165) is 6.42 Å². The van der Waals surface area contributed by atoms with E-state index in [1.807, 2.05) is 0 Å². The molecule has 2 N–H and O–H groups in total. The Kier molecular flexibility index (Phi) is 2.97. The summed E-state index contributed by atoms with van der Waals surface area (Å²) < 4.78 is 0. The number of benzene rings is 2. The van der Waals surface area contributed by atoms with Crippen molar-refractivity contribution in [1.29, 1.82) is 0 Å². The van der Waals surface area contributed by atoms with E-state index in [-0.39, 0.29) is 28.1 Å². The molecule has 108 valence electrons. The largest absolute Gasteiger partial charge is 0.504 e. The van der Waals surface area contributed by atoms with Gasteiger partial charge in [-0.1, -0.05) is 19.9 Å². The molecule has 0 radical (unpaired) electrons. The summed E-state index contributed by atoms with van der Waals surface area (Å²) in [5.41, 5.74) is 0.278. The van der Waals surface area contributed by atoms with Gasteiger partial charge in [0.2, 0.25) is 0 Å². The van der Waals surface area contributed by atoms with E-state index in [2.05, 4.69) is 13.8 Å². The third kappa shape index (κ3) is 2.07. The molecule has 4 nitrogen and oxygen atoms in total. The topological polar surface area (TPSA) is 74.6 Å². The Hall–Kier alpha value is -2.36. The van der Waals surface area contributed by atoms with Crippen molar-refractivity contribution in [2.75, 3.05) is 0 Å². The molecule has 0 unspecified atom stereocenters. The monoisotopic (exact) mass is 284 g/mol. The van der Waals surface area contributed by atoms with E-state index in [4.69, 9.17) is 0 Å². The van der Waals surface area contributed by atoms with Gasteiger partial charge in [0.05, 0.1) is 5.39 Å². The zero-order valence-electron chi connectivity index (χ0n) is 11.9. The van der Waals surface area contributed by atoms with Crippen molar-refractivity contribution in [3.63, 3.8) is 0 Å². The Labute approximate surface area is 121 Å². The van der Waals surface area contributed by atoms with Gasteiger partial charge in [0.25, 0.3) is 0 Å². The molecule has 4 heteroatoms. The van der Waals surface area contributed by atoms with Crippen molar-refractivity contribution >= 4 is 27.3 Å². The van der Waals surface area contributed by atoms with Crippen LogP contribution in [0, 0.1) is 5.92 Å². The molecule has 0 saturated carbocycles. The highest BCUT2D eigenvalue weighted by molar-refractivity contribution is 6.22. The first-order chi connectivity index (χ1) is 9.91. The van der Waals surface area contributed by atoms with Crippen LogP contribution in [0.1, 0.15) is 37.0 Å². The summed E-state index contributed by atoms with van der Waals surface area (Å²) in [6.45, 7) is 4.12. The number of hydrogen-bond acceptors (Lipinski definition) is 4. The molecule has 0 amide bonds. The quantitative estimate of drug-likeness (QED) is 0.569. The molecule has 0 fully saturated rings. The number of carbonyl (C=O) groups is 1. The summed E-state index contributed by atoms with van der Waals surface area (Å²) >= 11 is 0. The van der Waals surface area contributed by atoms with Crippen LogP contribution in [0.25, 0.3) is 21.5 Å². The number of hydrogen-bond donors (Lipinski definition) is 2. The van der Waals surface area contributed by atoms with Gasteiger partial charge in [0, 0.05) is 22.8 Å². The van der Waals surface area contributed by atoms with E-state index in [9.17, 15) is 19.8 Å². The predicted molar refractivity (Wildman–Crippen MR) is 81.8 cm³/mol. The highest BCUT2D eigenvalue weighted by Gasteiger charge is 2.25. The van der Waals surface area contributed by atoms with Gasteiger partial charge >= 0.3 is 0 Å². The van der Waals surface area contributed by atoms with Crippen molar-refractivity contribution in [3.8, 4) is 11.5 Å². The number of phenolic OH excluding ortho intramolecular Hbond substituents is 2. The van der Waals surface area contributed by atoms with Crippen LogP contribution in [0.4, 0.5) is 0 Å². The van der Waals surface area contributed by atoms with Crippen LogP contribution in [0.3, 0.4) is 0 Å². The van der Waals surface area contributed by atoms with Gasteiger partial charge in [0.1, 0.15) is 0 Å². The molecule has 0 bridgehead atoms. The van der Waals surface area contributed by atoms with E-state index in [1.54, 1.807) is 18.2 Å². The highest BCUT2D eigenvalue weighted by atomic mass is 16.3. The molecule has 0 aliphatic rings. The molecule has 0 aliphatic carbocycles. The van der Waals surface area contributed by atoms with Crippen LogP contribution in [0.5, 0.6) is 11.5 Å². The van der Waals surface area contributed by atoms with Gasteiger partial charge in [0.15, 0.2) is 22.7 Å². The van der Waals surface area contributed by atoms with E-state index < -0.39 is 0 Å². The molecular weight excluding hydrogens is 268 g/mol. The Morgan fingerprint density at radius 3 is 2.48 bits per heavy atom. The van der Waals surface area contributed by atoms with Gasteiger partial charge < -0.3 is 10.2 Å². The fraction of sp³-hybridized carbons (Fsp3) is 0.294. The second-order valence-corrected chi connectivity index (χ2v) is 5.89. The molecule has 0 atom stereocenters. The lowest BCUT2D eigenvalue weighted by Gasteiger charge is -2.06. The minimum Gasteiger partial charge on any atom is -0.504 e. The van der Waals surface area contributed by atoms with Crippen LogP contribution in [0.2, 0.25) is 0 Å². The molecule has 3 aromatic rings. The first-order valence-electron chi connectivity index (χ1n) is 7.01. The molecule has 0 saturated heterocycles. The molecule has 3 rings (SSSR count). The Morgan fingerprint density at radius 1 is 1.10 bits per heavy atom. The zero-order valence-corrected chi connectivity index (χ0v) is 11.9. The van der Waals surface area contributed by atoms with Crippen molar-refractivity contribution in [2.24, 2.45) is 5.92 Å². The number of Topliss-reactive ketones (excluding diaryl/α,β-unsaturated/α-hetero) is 1. The summed E-state index contributed by atoms with van der Waals surface area (Å²) in [6, 6.07) is 4.85. The first kappa shape index (κ1) is 13.6. The maximum absolute atomic E-state index is 12.2. The van der Waals surface area contributed by atoms with E-state index in [1.165, 1.54) is 0 Å². The van der Waals surface area contributed by atoms with Gasteiger partial charge in [-0.25, -0.2) is 0 Å². The molecule has 0 heterocycles. The molecule has 0 aromatic heterocycles. The van der Waals surface area contributed by atoms with E-state index >= 15 is 0 Å². The van der Waals surface area contributed by atoms with Crippen molar-refractivity contribution in [2.45, 2.75) is 26.7 Å². The fourth-order valence-electron chi connectivity index (χ4n) is 2.59. The second kappa shape index (κ2) is 4.58. The highest BCUT2D eigenvalue weighted by Crippen LogP contribution is 2.43. The van der Waals surface area contributed by atoms with Gasteiger partial charge in [-0.2, -0.15) is 0 Å². The number of fused-ring (bicyclic) bond motifs is 3. The van der Waals surface area contributed by atoms with Gasteiger partial charge in [-0.05, 0) is 29.9 Å². The number of ketones is 1. The lowest BCUT2D eigenvalue weighted by atomic mass is 9.98. The standard InChI is InChI=1S/C17H16O4/c1-8(2)3-6-12(18)9-4-5-10-11(7-9)13-14(16(13)20)17(21)15(10)19/h4-5,7-8,19,21H,3,6H2,1-2H3. The zero-order chi connectivity index (χ0) is 15.3. The van der Waals surface area contributed by atoms with Crippen LogP contribution in [-0.2, 0) is 0 Å². The lowest BCUT2D eigenvalue weighted by molar-refractivity contribution is 0.0975. The maximum Gasteiger partial charge on any atom is 0.199 e. The summed E-state index contributed by atoms with van der Waals surface area (Å²) in [7, 11) is 0. The van der Waals surface area contributed by atoms with Crippen LogP contribution >= 0.6 is 0 Å². The molecule has 0 aliphatic heterocycles. The van der Waals surface area contributed by atoms with Crippen LogP contribution in [-0.4, -0.2) is 16.0 Å². The fourth-order valence-corrected chi connectivity index (χ4v) is 2.59. The second-order valence-electron chi connectivity index (χ2n) is 5.89. The average molecular weight is 284 g/mol. The molecular formula is C17H16O4. The normalized spacial score (nSPS) is 12.0. The minimum absolute atomic E-state index is 0.0278. The third-order valence-electron chi connectivity index (χ3n) is 3.92. The molecule has 21 heavy (non-hydrogen) atoms. The van der Waals surface area contributed by atoms with Crippen molar-refractivity contribution in [1.82, 2.24) is 0 Å². The molecule has 3 aromatic carbocycles. The number of aromatic hydroxyl groups is 2. The minimum atomic E-state index is -0.360. The summed E-state index contributed by atoms with van der Waals surface area (Å²) in [6.07, 6.45) is 1.28. The summed E-state index contributed by atoms with van der Waals surface area (Å²) in [5, 5.41) is 21.2. The Bertz CT molecular complexity index is 879. The number of rotatable bonds is 4. The van der Waals surface area contributed by atoms with E-state index in [0.29, 0.717) is 34.1 Å². The maximum atomic E-state index is 12.2.